The van der Waals surface area contributed by atoms with Gasteiger partial charge in [0.05, 0.1) is 5.69 Å². The predicted molar refractivity (Wildman–Crippen MR) is 85.8 cm³/mol. The second-order valence-electron chi connectivity index (χ2n) is 5.98. The molecule has 0 aliphatic carbocycles. The third kappa shape index (κ3) is 3.01. The van der Waals surface area contributed by atoms with Gasteiger partial charge in [-0.05, 0) is 55.9 Å². The molecule has 1 saturated heterocycles. The Kier molecular flexibility index (Phi) is 4.18. The summed E-state index contributed by atoms with van der Waals surface area (Å²) in [6.45, 7) is 5.60. The van der Waals surface area contributed by atoms with Gasteiger partial charge in [0, 0.05) is 13.1 Å². The van der Waals surface area contributed by atoms with Gasteiger partial charge >= 0.3 is 0 Å². The molecule has 0 saturated carbocycles. The third-order valence-electron chi connectivity index (χ3n) is 4.43. The standard InChI is InChI=1S/C18H21N3O/c1-13-5-3-4-6-16(13)15-9-11-21(12-10-15)18(22)17-8-7-14(2)19-20-17/h3-8,15H,9-12H2,1-2H3. The van der Waals surface area contributed by atoms with Gasteiger partial charge in [-0.15, -0.1) is 5.10 Å². The summed E-state index contributed by atoms with van der Waals surface area (Å²) in [6, 6.07) is 12.1. The molecule has 0 radical (unpaired) electrons. The number of rotatable bonds is 2. The number of carbonyl (C=O) groups is 1. The molecule has 0 atom stereocenters. The van der Waals surface area contributed by atoms with Crippen LogP contribution in [0.2, 0.25) is 0 Å². The number of hydrogen-bond donors (Lipinski definition) is 0. The number of aromatic nitrogens is 2. The van der Waals surface area contributed by atoms with E-state index in [1.165, 1.54) is 11.1 Å². The van der Waals surface area contributed by atoms with Crippen molar-refractivity contribution in [2.75, 3.05) is 13.1 Å². The van der Waals surface area contributed by atoms with Gasteiger partial charge in [-0.3, -0.25) is 4.79 Å². The van der Waals surface area contributed by atoms with Gasteiger partial charge in [0.1, 0.15) is 0 Å². The molecule has 4 heteroatoms. The fourth-order valence-corrected chi connectivity index (χ4v) is 3.11. The maximum atomic E-state index is 12.4. The zero-order valence-corrected chi connectivity index (χ0v) is 13.1. The fraction of sp³-hybridized carbons (Fsp3) is 0.389. The van der Waals surface area contributed by atoms with E-state index in [1.54, 1.807) is 6.07 Å². The summed E-state index contributed by atoms with van der Waals surface area (Å²) >= 11 is 0. The van der Waals surface area contributed by atoms with E-state index >= 15 is 0 Å². The van der Waals surface area contributed by atoms with Gasteiger partial charge in [0.15, 0.2) is 5.69 Å². The van der Waals surface area contributed by atoms with Crippen molar-refractivity contribution in [1.29, 1.82) is 0 Å². The van der Waals surface area contributed by atoms with Crippen LogP contribution in [0.25, 0.3) is 0 Å². The van der Waals surface area contributed by atoms with Gasteiger partial charge in [-0.2, -0.15) is 5.10 Å². The highest BCUT2D eigenvalue weighted by Gasteiger charge is 2.25. The highest BCUT2D eigenvalue weighted by atomic mass is 16.2. The highest BCUT2D eigenvalue weighted by Crippen LogP contribution is 2.30. The van der Waals surface area contributed by atoms with E-state index < -0.39 is 0 Å². The first kappa shape index (κ1) is 14.7. The van der Waals surface area contributed by atoms with E-state index in [2.05, 4.69) is 41.4 Å². The van der Waals surface area contributed by atoms with Crippen LogP contribution in [-0.4, -0.2) is 34.1 Å². The quantitative estimate of drug-likeness (QED) is 0.855. The average molecular weight is 295 g/mol. The summed E-state index contributed by atoms with van der Waals surface area (Å²) in [7, 11) is 0. The molecule has 2 aromatic rings. The molecule has 1 aliphatic rings. The Morgan fingerprint density at radius 1 is 1.05 bits per heavy atom. The molecule has 3 rings (SSSR count). The van der Waals surface area contributed by atoms with Crippen LogP contribution in [0.5, 0.6) is 0 Å². The van der Waals surface area contributed by atoms with Crippen LogP contribution in [0.4, 0.5) is 0 Å². The molecule has 0 unspecified atom stereocenters. The van der Waals surface area contributed by atoms with E-state index in [-0.39, 0.29) is 5.91 Å². The Hall–Kier alpha value is -2.23. The minimum absolute atomic E-state index is 0.00395. The number of hydrogen-bond acceptors (Lipinski definition) is 3. The maximum absolute atomic E-state index is 12.4. The number of carbonyl (C=O) groups excluding carboxylic acids is 1. The molecule has 22 heavy (non-hydrogen) atoms. The van der Waals surface area contributed by atoms with Gasteiger partial charge < -0.3 is 4.90 Å². The number of piperidine rings is 1. The van der Waals surface area contributed by atoms with Crippen molar-refractivity contribution in [2.24, 2.45) is 0 Å². The van der Waals surface area contributed by atoms with E-state index in [9.17, 15) is 4.79 Å². The number of amides is 1. The van der Waals surface area contributed by atoms with Crippen molar-refractivity contribution in [3.8, 4) is 0 Å². The summed E-state index contributed by atoms with van der Waals surface area (Å²) in [5.41, 5.74) is 4.04. The lowest BCUT2D eigenvalue weighted by molar-refractivity contribution is 0.0705. The molecule has 4 nitrogen and oxygen atoms in total. The summed E-state index contributed by atoms with van der Waals surface area (Å²) in [5.74, 6) is 0.546. The second kappa shape index (κ2) is 6.26. The van der Waals surface area contributed by atoms with Gasteiger partial charge in [-0.25, -0.2) is 0 Å². The minimum Gasteiger partial charge on any atom is -0.337 e. The smallest absolute Gasteiger partial charge is 0.274 e. The molecular weight excluding hydrogens is 274 g/mol. The van der Waals surface area contributed by atoms with E-state index in [0.717, 1.165) is 31.6 Å². The normalized spacial score (nSPS) is 15.8. The van der Waals surface area contributed by atoms with Crippen LogP contribution in [-0.2, 0) is 0 Å². The first-order valence-electron chi connectivity index (χ1n) is 7.80. The Labute approximate surface area is 131 Å². The first-order chi connectivity index (χ1) is 10.6. The molecule has 114 valence electrons. The van der Waals surface area contributed by atoms with E-state index in [1.807, 2.05) is 17.9 Å². The highest BCUT2D eigenvalue weighted by molar-refractivity contribution is 5.92. The summed E-state index contributed by atoms with van der Waals surface area (Å²) in [6.07, 6.45) is 2.02. The van der Waals surface area contributed by atoms with Crippen molar-refractivity contribution in [3.63, 3.8) is 0 Å². The topological polar surface area (TPSA) is 46.1 Å². The molecule has 0 N–H and O–H groups in total. The van der Waals surface area contributed by atoms with Crippen LogP contribution in [0, 0.1) is 13.8 Å². The Bertz CT molecular complexity index is 658. The number of nitrogens with zero attached hydrogens (tertiary/aromatic N) is 3. The molecule has 1 amide bonds. The van der Waals surface area contributed by atoms with Crippen LogP contribution >= 0.6 is 0 Å². The van der Waals surface area contributed by atoms with Crippen LogP contribution in [0.1, 0.15) is 46.1 Å². The average Bonchev–Trinajstić information content (AvgIpc) is 2.56. The maximum Gasteiger partial charge on any atom is 0.274 e. The molecule has 1 aliphatic heterocycles. The second-order valence-corrected chi connectivity index (χ2v) is 5.98. The van der Waals surface area contributed by atoms with Gasteiger partial charge in [0.25, 0.3) is 5.91 Å². The van der Waals surface area contributed by atoms with E-state index in [4.69, 9.17) is 0 Å². The summed E-state index contributed by atoms with van der Waals surface area (Å²) in [4.78, 5) is 14.3. The Balaban J connectivity index is 1.65. The SMILES string of the molecule is Cc1ccc(C(=O)N2CCC(c3ccccc3C)CC2)nn1. The number of benzene rings is 1. The molecule has 0 spiro atoms. The lowest BCUT2D eigenvalue weighted by Gasteiger charge is -2.32. The number of likely N-dealkylation sites (tertiary alicyclic amines) is 1. The summed E-state index contributed by atoms with van der Waals surface area (Å²) < 4.78 is 0. The molecule has 0 bridgehead atoms. The number of aryl methyl sites for hydroxylation is 2. The molecular formula is C18H21N3O. The van der Waals surface area contributed by atoms with Crippen LogP contribution in [0.3, 0.4) is 0 Å². The van der Waals surface area contributed by atoms with Gasteiger partial charge in [-0.1, -0.05) is 24.3 Å². The van der Waals surface area contributed by atoms with Crippen molar-refractivity contribution in [2.45, 2.75) is 32.6 Å². The lowest BCUT2D eigenvalue weighted by atomic mass is 9.87. The van der Waals surface area contributed by atoms with Gasteiger partial charge in [0.2, 0.25) is 0 Å². The van der Waals surface area contributed by atoms with Crippen molar-refractivity contribution in [3.05, 3.63) is 58.9 Å². The molecule has 1 aromatic carbocycles. The zero-order valence-electron chi connectivity index (χ0n) is 13.1. The Morgan fingerprint density at radius 3 is 2.41 bits per heavy atom. The fourth-order valence-electron chi connectivity index (χ4n) is 3.11. The van der Waals surface area contributed by atoms with Crippen molar-refractivity contribution in [1.82, 2.24) is 15.1 Å². The summed E-state index contributed by atoms with van der Waals surface area (Å²) in [5, 5.41) is 7.98. The Morgan fingerprint density at radius 2 is 1.77 bits per heavy atom. The van der Waals surface area contributed by atoms with Crippen LogP contribution in [0.15, 0.2) is 36.4 Å². The molecule has 1 aromatic heterocycles. The minimum atomic E-state index is -0.00395. The zero-order chi connectivity index (χ0) is 15.5. The third-order valence-corrected chi connectivity index (χ3v) is 4.43. The monoisotopic (exact) mass is 295 g/mol. The first-order valence-corrected chi connectivity index (χ1v) is 7.80. The predicted octanol–water partition coefficient (Wildman–Crippen LogP) is 3.11. The van der Waals surface area contributed by atoms with Crippen molar-refractivity contribution < 1.29 is 4.79 Å². The van der Waals surface area contributed by atoms with Crippen molar-refractivity contribution >= 4 is 5.91 Å². The van der Waals surface area contributed by atoms with Crippen LogP contribution < -0.4 is 0 Å². The molecule has 1 fully saturated rings. The largest absolute Gasteiger partial charge is 0.337 e. The van der Waals surface area contributed by atoms with E-state index in [0.29, 0.717) is 11.6 Å². The lowest BCUT2D eigenvalue weighted by Crippen LogP contribution is -2.38. The molecule has 2 heterocycles.